The number of aryl methyl sites for hydroxylation is 1. The fourth-order valence-electron chi connectivity index (χ4n) is 1.13. The number of rotatable bonds is 2. The Kier molecular flexibility index (Phi) is 2.63. The monoisotopic (exact) mass is 218 g/mol. The molecule has 7 heteroatoms. The molecule has 14 heavy (non-hydrogen) atoms. The second kappa shape index (κ2) is 3.43. The van der Waals surface area contributed by atoms with E-state index in [1.807, 2.05) is 0 Å². The molecule has 0 spiro atoms. The average Bonchev–Trinajstić information content (AvgIpc) is 2.44. The normalized spacial score (nSPS) is 11.4. The van der Waals surface area contributed by atoms with E-state index in [-0.39, 0.29) is 10.6 Å². The summed E-state index contributed by atoms with van der Waals surface area (Å²) in [5.41, 5.74) is -0.0579. The van der Waals surface area contributed by atoms with E-state index in [0.29, 0.717) is 0 Å². The van der Waals surface area contributed by atoms with Gasteiger partial charge in [0.25, 0.3) is 10.0 Å². The van der Waals surface area contributed by atoms with Crippen LogP contribution in [0.25, 0.3) is 0 Å². The molecule has 0 bridgehead atoms. The maximum absolute atomic E-state index is 11.1. The topological polar surface area (TPSA) is 91.4 Å². The van der Waals surface area contributed by atoms with Gasteiger partial charge < -0.3 is 9.30 Å². The van der Waals surface area contributed by atoms with E-state index < -0.39 is 16.0 Å². The Morgan fingerprint density at radius 3 is 2.57 bits per heavy atom. The highest BCUT2D eigenvalue weighted by molar-refractivity contribution is 7.89. The van der Waals surface area contributed by atoms with Gasteiger partial charge >= 0.3 is 5.97 Å². The number of ether oxygens (including phenoxy) is 1. The van der Waals surface area contributed by atoms with Crippen LogP contribution < -0.4 is 5.14 Å². The van der Waals surface area contributed by atoms with Gasteiger partial charge in [0.15, 0.2) is 5.03 Å². The van der Waals surface area contributed by atoms with Crippen molar-refractivity contribution in [2.45, 2.75) is 5.03 Å². The molecule has 0 atom stereocenters. The molecule has 1 aromatic rings. The molecule has 0 radical (unpaired) electrons. The predicted octanol–water partition coefficient (Wildman–Crippen LogP) is -0.541. The van der Waals surface area contributed by atoms with Crippen molar-refractivity contribution >= 4 is 16.0 Å². The Balaban J connectivity index is 3.42. The third-order valence-corrected chi connectivity index (χ3v) is 2.74. The summed E-state index contributed by atoms with van der Waals surface area (Å²) in [5, 5.41) is 4.69. The fraction of sp³-hybridized carbons (Fsp3) is 0.286. The minimum absolute atomic E-state index is 0.0579. The summed E-state index contributed by atoms with van der Waals surface area (Å²) < 4.78 is 27.9. The van der Waals surface area contributed by atoms with Gasteiger partial charge in [0.1, 0.15) is 0 Å². The zero-order chi connectivity index (χ0) is 10.9. The van der Waals surface area contributed by atoms with E-state index in [0.717, 1.165) is 0 Å². The van der Waals surface area contributed by atoms with Gasteiger partial charge in [0.2, 0.25) is 0 Å². The lowest BCUT2D eigenvalue weighted by atomic mass is 10.3. The summed E-state index contributed by atoms with van der Waals surface area (Å²) in [6.07, 6.45) is 1.42. The molecule has 0 amide bonds. The maximum Gasteiger partial charge on any atom is 0.340 e. The minimum Gasteiger partial charge on any atom is -0.465 e. The van der Waals surface area contributed by atoms with Crippen molar-refractivity contribution in [2.24, 2.45) is 12.2 Å². The number of carbonyl (C=O) groups excluding carboxylic acids is 1. The van der Waals surface area contributed by atoms with Crippen LogP contribution in [0.5, 0.6) is 0 Å². The second-order valence-corrected chi connectivity index (χ2v) is 4.16. The number of nitrogens with two attached hydrogens (primary N) is 1. The molecule has 78 valence electrons. The number of esters is 1. The van der Waals surface area contributed by atoms with Crippen LogP contribution >= 0.6 is 0 Å². The van der Waals surface area contributed by atoms with Gasteiger partial charge in [-0.05, 0) is 6.07 Å². The van der Waals surface area contributed by atoms with E-state index in [9.17, 15) is 13.2 Å². The number of methoxy groups -OCH3 is 1. The SMILES string of the molecule is COC(=O)c1ccn(C)c1S(N)(=O)=O. The van der Waals surface area contributed by atoms with Crippen LogP contribution in [0, 0.1) is 0 Å². The lowest BCUT2D eigenvalue weighted by Crippen LogP contribution is -2.19. The lowest BCUT2D eigenvalue weighted by molar-refractivity contribution is 0.0596. The number of nitrogens with zero attached hydrogens (tertiary/aromatic N) is 1. The van der Waals surface area contributed by atoms with Crippen molar-refractivity contribution in [3.05, 3.63) is 17.8 Å². The van der Waals surface area contributed by atoms with Crippen molar-refractivity contribution in [2.75, 3.05) is 7.11 Å². The van der Waals surface area contributed by atoms with Gasteiger partial charge in [0.05, 0.1) is 12.7 Å². The van der Waals surface area contributed by atoms with Gasteiger partial charge in [-0.1, -0.05) is 0 Å². The molecule has 1 heterocycles. The Morgan fingerprint density at radius 2 is 2.14 bits per heavy atom. The van der Waals surface area contributed by atoms with E-state index in [4.69, 9.17) is 5.14 Å². The molecule has 0 unspecified atom stereocenters. The molecule has 0 aliphatic carbocycles. The van der Waals surface area contributed by atoms with Crippen molar-refractivity contribution in [1.29, 1.82) is 0 Å². The molecule has 0 saturated carbocycles. The second-order valence-electron chi connectivity index (χ2n) is 2.68. The first kappa shape index (κ1) is 10.7. The Bertz CT molecular complexity index is 460. The van der Waals surface area contributed by atoms with Crippen molar-refractivity contribution in [3.8, 4) is 0 Å². The first-order chi connectivity index (χ1) is 6.38. The highest BCUT2D eigenvalue weighted by Gasteiger charge is 2.23. The van der Waals surface area contributed by atoms with Gasteiger partial charge in [-0.2, -0.15) is 0 Å². The fourth-order valence-corrected chi connectivity index (χ4v) is 2.05. The number of aromatic nitrogens is 1. The zero-order valence-corrected chi connectivity index (χ0v) is 8.54. The van der Waals surface area contributed by atoms with Crippen molar-refractivity contribution in [3.63, 3.8) is 0 Å². The van der Waals surface area contributed by atoms with Gasteiger partial charge in [-0.25, -0.2) is 18.4 Å². The maximum atomic E-state index is 11.1. The number of primary sulfonamides is 1. The van der Waals surface area contributed by atoms with E-state index in [1.54, 1.807) is 0 Å². The number of hydrogen-bond donors (Lipinski definition) is 1. The molecule has 6 nitrogen and oxygen atoms in total. The number of hydrogen-bond acceptors (Lipinski definition) is 4. The van der Waals surface area contributed by atoms with Crippen molar-refractivity contribution in [1.82, 2.24) is 4.57 Å². The molecule has 0 aliphatic heterocycles. The quantitative estimate of drug-likeness (QED) is 0.675. The van der Waals surface area contributed by atoms with Crippen LogP contribution in [0.3, 0.4) is 0 Å². The zero-order valence-electron chi connectivity index (χ0n) is 7.72. The van der Waals surface area contributed by atoms with E-state index >= 15 is 0 Å². The molecule has 0 aliphatic rings. The van der Waals surface area contributed by atoms with Gasteiger partial charge in [0, 0.05) is 13.2 Å². The average molecular weight is 218 g/mol. The molecular formula is C7H10N2O4S. The molecular weight excluding hydrogens is 208 g/mol. The summed E-state index contributed by atoms with van der Waals surface area (Å²) >= 11 is 0. The lowest BCUT2D eigenvalue weighted by Gasteiger charge is -2.03. The molecule has 0 saturated heterocycles. The highest BCUT2D eigenvalue weighted by atomic mass is 32.2. The highest BCUT2D eigenvalue weighted by Crippen LogP contribution is 2.15. The van der Waals surface area contributed by atoms with Gasteiger partial charge in [-0.3, -0.25) is 0 Å². The first-order valence-electron chi connectivity index (χ1n) is 3.64. The summed E-state index contributed by atoms with van der Waals surface area (Å²) in [6.45, 7) is 0. The molecule has 0 aromatic carbocycles. The van der Waals surface area contributed by atoms with Crippen molar-refractivity contribution < 1.29 is 17.9 Å². The van der Waals surface area contributed by atoms with Crippen LogP contribution in [-0.4, -0.2) is 26.1 Å². The molecule has 0 fully saturated rings. The van der Waals surface area contributed by atoms with Crippen LogP contribution in [0.1, 0.15) is 10.4 Å². The summed E-state index contributed by atoms with van der Waals surface area (Å²) in [5.74, 6) is -0.727. The van der Waals surface area contributed by atoms with Crippen LogP contribution in [-0.2, 0) is 21.8 Å². The predicted molar refractivity (Wildman–Crippen MR) is 48.1 cm³/mol. The molecule has 1 aromatic heterocycles. The third kappa shape index (κ3) is 1.78. The number of carbonyl (C=O) groups is 1. The van der Waals surface area contributed by atoms with E-state index in [1.165, 1.54) is 31.0 Å². The summed E-state index contributed by atoms with van der Waals surface area (Å²) in [6, 6.07) is 1.34. The van der Waals surface area contributed by atoms with Gasteiger partial charge in [-0.15, -0.1) is 0 Å². The Morgan fingerprint density at radius 1 is 1.57 bits per heavy atom. The minimum atomic E-state index is -3.91. The largest absolute Gasteiger partial charge is 0.465 e. The summed E-state index contributed by atoms with van der Waals surface area (Å²) in [7, 11) is -1.27. The standard InChI is InChI=1S/C7H10N2O4S/c1-9-4-3-5(7(10)13-2)6(9)14(8,11)12/h3-4H,1-2H3,(H2,8,11,12). The van der Waals surface area contributed by atoms with E-state index in [2.05, 4.69) is 4.74 Å². The molecule has 1 rings (SSSR count). The molecule has 2 N–H and O–H groups in total. The third-order valence-electron chi connectivity index (χ3n) is 1.69. The number of sulfonamides is 1. The smallest absolute Gasteiger partial charge is 0.340 e. The van der Waals surface area contributed by atoms with Crippen LogP contribution in [0.2, 0.25) is 0 Å². The Hall–Kier alpha value is -1.34. The van der Waals surface area contributed by atoms with Crippen LogP contribution in [0.15, 0.2) is 17.3 Å². The first-order valence-corrected chi connectivity index (χ1v) is 5.19. The Labute approximate surface area is 81.3 Å². The van der Waals surface area contributed by atoms with Crippen LogP contribution in [0.4, 0.5) is 0 Å². The summed E-state index contributed by atoms with van der Waals surface area (Å²) in [4.78, 5) is 11.1.